The van der Waals surface area contributed by atoms with Gasteiger partial charge >= 0.3 is 0 Å². The minimum absolute atomic E-state index is 0.102. The van der Waals surface area contributed by atoms with E-state index in [9.17, 15) is 14.4 Å². The molecule has 0 aliphatic heterocycles. The molecule has 4 rings (SSSR count). The number of hydrogen-bond donors (Lipinski definition) is 3. The van der Waals surface area contributed by atoms with E-state index in [-0.39, 0.29) is 24.2 Å². The second kappa shape index (κ2) is 15.2. The van der Waals surface area contributed by atoms with E-state index in [1.54, 1.807) is 6.20 Å². The van der Waals surface area contributed by atoms with Gasteiger partial charge in [-0.05, 0) is 59.9 Å². The second-order valence-corrected chi connectivity index (χ2v) is 11.6. The third kappa shape index (κ3) is 8.95. The van der Waals surface area contributed by atoms with Gasteiger partial charge < -0.3 is 16.0 Å². The topological polar surface area (TPSA) is 118 Å². The van der Waals surface area contributed by atoms with Gasteiger partial charge in [-0.25, -0.2) is 4.98 Å². The Hall–Kier alpha value is -4.10. The van der Waals surface area contributed by atoms with Gasteiger partial charge in [-0.3, -0.25) is 14.4 Å². The van der Waals surface area contributed by atoms with Crippen molar-refractivity contribution in [2.45, 2.75) is 70.9 Å². The summed E-state index contributed by atoms with van der Waals surface area (Å²) in [4.78, 5) is 46.8. The number of Topliss-reactive ketones (excluding diaryl/α,β-unsaturated/α-hetero) is 2. The largest absolute Gasteiger partial charge is 0.348 e. The SMILES string of the molecule is CC(C)C[C@H](NC(=O)C(CCCCc1ccc2ccccc2c1)Cc1ccccc1)C(=O)C(=O)[C@@H](N)Cc1cnc[nH]1. The van der Waals surface area contributed by atoms with Gasteiger partial charge in [0.05, 0.1) is 18.4 Å². The zero-order valence-corrected chi connectivity index (χ0v) is 24.6. The van der Waals surface area contributed by atoms with Crippen LogP contribution in [0, 0.1) is 11.8 Å². The van der Waals surface area contributed by atoms with Crippen molar-refractivity contribution in [3.63, 3.8) is 0 Å². The fraction of sp³-hybridized carbons (Fsp3) is 0.371. The Bertz CT molecular complexity index is 1450. The van der Waals surface area contributed by atoms with E-state index in [4.69, 9.17) is 5.73 Å². The van der Waals surface area contributed by atoms with Gasteiger partial charge in [0.15, 0.2) is 0 Å². The predicted molar refractivity (Wildman–Crippen MR) is 167 cm³/mol. The Balaban J connectivity index is 1.40. The van der Waals surface area contributed by atoms with Crippen LogP contribution in [-0.2, 0) is 33.6 Å². The highest BCUT2D eigenvalue weighted by Gasteiger charge is 2.32. The van der Waals surface area contributed by atoms with E-state index in [1.165, 1.54) is 22.7 Å². The van der Waals surface area contributed by atoms with Crippen molar-refractivity contribution in [1.29, 1.82) is 0 Å². The molecule has 0 bridgehead atoms. The first-order valence-electron chi connectivity index (χ1n) is 14.9. The standard InChI is InChI=1S/C35H42N4O3/c1-24(2)18-32(34(41)33(40)31(36)21-30-22-37-23-38-30)39-35(42)29(20-25-10-4-3-5-11-25)15-7-6-12-26-16-17-27-13-8-9-14-28(27)19-26/h3-5,8-11,13-14,16-17,19,22-24,29,31-32H,6-7,12,15,18,20-21,36H2,1-2H3,(H,37,38)(H,39,42)/t29?,31-,32-/m0/s1. The molecule has 7 nitrogen and oxygen atoms in total. The van der Waals surface area contributed by atoms with Gasteiger partial charge in [-0.1, -0.05) is 93.1 Å². The van der Waals surface area contributed by atoms with Crippen molar-refractivity contribution in [2.24, 2.45) is 17.6 Å². The number of aryl methyl sites for hydroxylation is 1. The van der Waals surface area contributed by atoms with Crippen LogP contribution in [0.1, 0.15) is 56.4 Å². The summed E-state index contributed by atoms with van der Waals surface area (Å²) in [6.45, 7) is 3.94. The average Bonchev–Trinajstić information content (AvgIpc) is 3.50. The molecule has 3 aromatic carbocycles. The minimum atomic E-state index is -1.00. The molecule has 1 heterocycles. The summed E-state index contributed by atoms with van der Waals surface area (Å²) in [7, 11) is 0. The molecule has 0 saturated heterocycles. The van der Waals surface area contributed by atoms with Crippen molar-refractivity contribution in [3.05, 3.63) is 102 Å². The van der Waals surface area contributed by atoms with Gasteiger partial charge in [-0.2, -0.15) is 0 Å². The third-order valence-electron chi connectivity index (χ3n) is 7.69. The van der Waals surface area contributed by atoms with E-state index in [0.29, 0.717) is 25.0 Å². The lowest BCUT2D eigenvalue weighted by Crippen LogP contribution is -2.51. The van der Waals surface area contributed by atoms with Crippen LogP contribution in [-0.4, -0.2) is 39.5 Å². The molecule has 1 amide bonds. The van der Waals surface area contributed by atoms with Gasteiger partial charge in [0, 0.05) is 24.2 Å². The summed E-state index contributed by atoms with van der Waals surface area (Å²) < 4.78 is 0. The maximum absolute atomic E-state index is 13.7. The van der Waals surface area contributed by atoms with Gasteiger partial charge in [-0.15, -0.1) is 0 Å². The highest BCUT2D eigenvalue weighted by molar-refractivity contribution is 6.41. The lowest BCUT2D eigenvalue weighted by molar-refractivity contribution is -0.140. The van der Waals surface area contributed by atoms with Crippen molar-refractivity contribution >= 4 is 28.2 Å². The zero-order chi connectivity index (χ0) is 29.9. The Morgan fingerprint density at radius 1 is 0.857 bits per heavy atom. The maximum atomic E-state index is 13.7. The molecule has 7 heteroatoms. The molecule has 0 spiro atoms. The quantitative estimate of drug-likeness (QED) is 0.124. The fourth-order valence-corrected chi connectivity index (χ4v) is 5.41. The van der Waals surface area contributed by atoms with Crippen molar-refractivity contribution in [1.82, 2.24) is 15.3 Å². The molecule has 0 aliphatic rings. The lowest BCUT2D eigenvalue weighted by Gasteiger charge is -2.24. The number of imidazole rings is 1. The minimum Gasteiger partial charge on any atom is -0.348 e. The van der Waals surface area contributed by atoms with Crippen molar-refractivity contribution in [3.8, 4) is 0 Å². The first-order chi connectivity index (χ1) is 20.3. The fourth-order valence-electron chi connectivity index (χ4n) is 5.41. The van der Waals surface area contributed by atoms with Crippen LogP contribution in [0.4, 0.5) is 0 Å². The summed E-state index contributed by atoms with van der Waals surface area (Å²) >= 11 is 0. The molecule has 0 saturated carbocycles. The number of amides is 1. The predicted octanol–water partition coefficient (Wildman–Crippen LogP) is 5.37. The number of ketones is 2. The Kier molecular flexibility index (Phi) is 11.2. The second-order valence-electron chi connectivity index (χ2n) is 11.6. The van der Waals surface area contributed by atoms with E-state index < -0.39 is 23.7 Å². The molecule has 4 aromatic rings. The molecule has 220 valence electrons. The summed E-state index contributed by atoms with van der Waals surface area (Å²) in [6, 6.07) is 22.9. The van der Waals surface area contributed by atoms with E-state index in [0.717, 1.165) is 24.8 Å². The molecule has 4 N–H and O–H groups in total. The number of benzene rings is 3. The number of aromatic amines is 1. The van der Waals surface area contributed by atoms with Crippen LogP contribution in [0.25, 0.3) is 10.8 Å². The van der Waals surface area contributed by atoms with Crippen molar-refractivity contribution in [2.75, 3.05) is 0 Å². The molecule has 0 aliphatic carbocycles. The number of unbranched alkanes of at least 4 members (excludes halogenated alkanes) is 1. The first-order valence-corrected chi connectivity index (χ1v) is 14.9. The number of nitrogens with two attached hydrogens (primary N) is 1. The van der Waals surface area contributed by atoms with Gasteiger partial charge in [0.25, 0.3) is 0 Å². The van der Waals surface area contributed by atoms with Crippen LogP contribution in [0.5, 0.6) is 0 Å². The summed E-state index contributed by atoms with van der Waals surface area (Å²) in [6.07, 6.45) is 7.64. The summed E-state index contributed by atoms with van der Waals surface area (Å²) in [5.41, 5.74) is 9.13. The molecule has 0 radical (unpaired) electrons. The van der Waals surface area contributed by atoms with Crippen LogP contribution >= 0.6 is 0 Å². The number of rotatable bonds is 16. The summed E-state index contributed by atoms with van der Waals surface area (Å²) in [5, 5.41) is 5.42. The molecular formula is C35H42N4O3. The number of nitrogens with one attached hydrogen (secondary N) is 2. The first kappa shape index (κ1) is 30.8. The number of hydrogen-bond acceptors (Lipinski definition) is 5. The van der Waals surface area contributed by atoms with Gasteiger partial charge in [0.1, 0.15) is 0 Å². The smallest absolute Gasteiger partial charge is 0.224 e. The number of carbonyl (C=O) groups excluding carboxylic acids is 3. The lowest BCUT2D eigenvalue weighted by atomic mass is 9.90. The van der Waals surface area contributed by atoms with E-state index in [1.807, 2.05) is 50.2 Å². The third-order valence-corrected chi connectivity index (χ3v) is 7.69. The zero-order valence-electron chi connectivity index (χ0n) is 24.6. The Labute approximate surface area is 248 Å². The highest BCUT2D eigenvalue weighted by atomic mass is 16.2. The average molecular weight is 567 g/mol. The van der Waals surface area contributed by atoms with Crippen LogP contribution in [0.15, 0.2) is 85.3 Å². The van der Waals surface area contributed by atoms with E-state index in [2.05, 4.69) is 51.7 Å². The van der Waals surface area contributed by atoms with Crippen LogP contribution < -0.4 is 11.1 Å². The number of H-pyrrole nitrogens is 1. The number of carbonyl (C=O) groups is 3. The van der Waals surface area contributed by atoms with Crippen LogP contribution in [0.3, 0.4) is 0 Å². The van der Waals surface area contributed by atoms with Crippen molar-refractivity contribution < 1.29 is 14.4 Å². The molecule has 1 aromatic heterocycles. The summed E-state index contributed by atoms with van der Waals surface area (Å²) in [5.74, 6) is -1.73. The highest BCUT2D eigenvalue weighted by Crippen LogP contribution is 2.21. The number of fused-ring (bicyclic) bond motifs is 1. The van der Waals surface area contributed by atoms with E-state index >= 15 is 0 Å². The molecule has 0 fully saturated rings. The Morgan fingerprint density at radius 2 is 1.60 bits per heavy atom. The van der Waals surface area contributed by atoms with Crippen LogP contribution in [0.2, 0.25) is 0 Å². The number of nitrogens with zero attached hydrogens (tertiary/aromatic N) is 1. The molecular weight excluding hydrogens is 524 g/mol. The molecule has 42 heavy (non-hydrogen) atoms. The number of aromatic nitrogens is 2. The van der Waals surface area contributed by atoms with Gasteiger partial charge in [0.2, 0.25) is 17.5 Å². The molecule has 3 atom stereocenters. The Morgan fingerprint density at radius 3 is 2.31 bits per heavy atom. The monoisotopic (exact) mass is 566 g/mol. The maximum Gasteiger partial charge on any atom is 0.224 e. The molecule has 1 unspecified atom stereocenters. The normalized spacial score (nSPS) is 13.5.